The van der Waals surface area contributed by atoms with Crippen molar-refractivity contribution in [3.63, 3.8) is 0 Å². The molecule has 1 unspecified atom stereocenters. The number of nitrogens with zero attached hydrogens (tertiary/aromatic N) is 1. The van der Waals surface area contributed by atoms with Crippen LogP contribution in [-0.2, 0) is 4.79 Å². The van der Waals surface area contributed by atoms with E-state index >= 15 is 0 Å². The number of hydrogen-bond donors (Lipinski definition) is 1. The molecule has 2 aromatic carbocycles. The van der Waals surface area contributed by atoms with Crippen LogP contribution in [0.15, 0.2) is 63.9 Å². The van der Waals surface area contributed by atoms with E-state index in [0.29, 0.717) is 6.54 Å². The highest BCUT2D eigenvalue weighted by Crippen LogP contribution is 2.34. The summed E-state index contributed by atoms with van der Waals surface area (Å²) in [6.45, 7) is 3.20. The zero-order chi connectivity index (χ0) is 17.2. The molecule has 1 N–H and O–H groups in total. The van der Waals surface area contributed by atoms with Gasteiger partial charge in [-0.05, 0) is 31.2 Å². The van der Waals surface area contributed by atoms with E-state index in [0.717, 1.165) is 34.7 Å². The van der Waals surface area contributed by atoms with Crippen LogP contribution in [0.3, 0.4) is 0 Å². The highest BCUT2D eigenvalue weighted by Gasteiger charge is 2.21. The molecule has 4 nitrogen and oxygen atoms in total. The average molecular weight is 352 g/mol. The molecule has 0 bridgehead atoms. The van der Waals surface area contributed by atoms with Crippen molar-refractivity contribution in [1.29, 1.82) is 0 Å². The fraction of sp³-hybridized carbons (Fsp3) is 0.250. The smallest absolute Gasteiger partial charge is 0.240 e. The summed E-state index contributed by atoms with van der Waals surface area (Å²) in [6, 6.07) is 18.0. The molecule has 2 heterocycles. The SMILES string of the molecule is CC(NC(=O)CN1CCSc2ccccc21)c1cc2ccccc2o1. The molecule has 1 atom stereocenters. The van der Waals surface area contributed by atoms with Gasteiger partial charge in [-0.3, -0.25) is 4.79 Å². The van der Waals surface area contributed by atoms with Crippen molar-refractivity contribution in [3.05, 3.63) is 60.4 Å². The lowest BCUT2D eigenvalue weighted by Crippen LogP contribution is -2.40. The maximum Gasteiger partial charge on any atom is 0.240 e. The van der Waals surface area contributed by atoms with Gasteiger partial charge in [0.2, 0.25) is 5.91 Å². The minimum absolute atomic E-state index is 0.00894. The van der Waals surface area contributed by atoms with Crippen molar-refractivity contribution < 1.29 is 9.21 Å². The summed E-state index contributed by atoms with van der Waals surface area (Å²) >= 11 is 1.84. The lowest BCUT2D eigenvalue weighted by molar-refractivity contribution is -0.120. The van der Waals surface area contributed by atoms with Crippen molar-refractivity contribution in [2.45, 2.75) is 17.9 Å². The highest BCUT2D eigenvalue weighted by molar-refractivity contribution is 7.99. The van der Waals surface area contributed by atoms with E-state index in [1.54, 1.807) is 0 Å². The minimum Gasteiger partial charge on any atom is -0.459 e. The van der Waals surface area contributed by atoms with Gasteiger partial charge in [-0.15, -0.1) is 11.8 Å². The molecule has 25 heavy (non-hydrogen) atoms. The van der Waals surface area contributed by atoms with E-state index in [9.17, 15) is 4.79 Å². The van der Waals surface area contributed by atoms with Crippen LogP contribution in [0.2, 0.25) is 0 Å². The summed E-state index contributed by atoms with van der Waals surface area (Å²) < 4.78 is 5.85. The number of carbonyl (C=O) groups is 1. The topological polar surface area (TPSA) is 45.5 Å². The second kappa shape index (κ2) is 6.84. The first kappa shape index (κ1) is 16.1. The lowest BCUT2D eigenvalue weighted by Gasteiger charge is -2.30. The van der Waals surface area contributed by atoms with E-state index in [1.807, 2.05) is 61.2 Å². The molecule has 0 aliphatic carbocycles. The number of amides is 1. The number of carbonyl (C=O) groups excluding carboxylic acids is 1. The molecule has 128 valence electrons. The number of para-hydroxylation sites is 2. The molecule has 0 fully saturated rings. The second-order valence-corrected chi connectivity index (χ2v) is 7.35. The first-order chi connectivity index (χ1) is 12.2. The fourth-order valence-electron chi connectivity index (χ4n) is 3.14. The second-order valence-electron chi connectivity index (χ2n) is 6.21. The molecule has 3 aromatic rings. The van der Waals surface area contributed by atoms with Crippen LogP contribution < -0.4 is 10.2 Å². The predicted molar refractivity (Wildman–Crippen MR) is 102 cm³/mol. The van der Waals surface area contributed by atoms with E-state index in [1.165, 1.54) is 4.90 Å². The van der Waals surface area contributed by atoms with E-state index in [4.69, 9.17) is 4.42 Å². The molecule has 1 aliphatic heterocycles. The average Bonchev–Trinajstić information content (AvgIpc) is 3.06. The largest absolute Gasteiger partial charge is 0.459 e. The van der Waals surface area contributed by atoms with E-state index < -0.39 is 0 Å². The number of nitrogens with one attached hydrogen (secondary N) is 1. The molecule has 0 radical (unpaired) electrons. The Morgan fingerprint density at radius 3 is 2.92 bits per heavy atom. The number of hydrogen-bond acceptors (Lipinski definition) is 4. The Kier molecular flexibility index (Phi) is 4.40. The Hall–Kier alpha value is -2.40. The molecule has 0 saturated heterocycles. The van der Waals surface area contributed by atoms with Crippen LogP contribution in [0.25, 0.3) is 11.0 Å². The number of anilines is 1. The first-order valence-electron chi connectivity index (χ1n) is 8.45. The zero-order valence-electron chi connectivity index (χ0n) is 14.1. The van der Waals surface area contributed by atoms with E-state index in [-0.39, 0.29) is 11.9 Å². The lowest BCUT2D eigenvalue weighted by atomic mass is 10.2. The molecular weight excluding hydrogens is 332 g/mol. The molecule has 1 aliphatic rings. The van der Waals surface area contributed by atoms with Crippen LogP contribution in [-0.4, -0.2) is 24.7 Å². The molecule has 5 heteroatoms. The van der Waals surface area contributed by atoms with Crippen LogP contribution >= 0.6 is 11.8 Å². The Balaban J connectivity index is 1.44. The Morgan fingerprint density at radius 1 is 1.24 bits per heavy atom. The van der Waals surface area contributed by atoms with Gasteiger partial charge in [-0.25, -0.2) is 0 Å². The maximum absolute atomic E-state index is 12.5. The third kappa shape index (κ3) is 3.37. The Labute approximate surface area is 151 Å². The van der Waals surface area contributed by atoms with Crippen molar-refractivity contribution in [1.82, 2.24) is 5.32 Å². The van der Waals surface area contributed by atoms with Gasteiger partial charge in [0.15, 0.2) is 0 Å². The third-order valence-corrected chi connectivity index (χ3v) is 5.45. The van der Waals surface area contributed by atoms with Crippen molar-refractivity contribution in [3.8, 4) is 0 Å². The fourth-order valence-corrected chi connectivity index (χ4v) is 4.19. The molecular formula is C20H20N2O2S. The Morgan fingerprint density at radius 2 is 2.04 bits per heavy atom. The number of rotatable bonds is 4. The van der Waals surface area contributed by atoms with Crippen LogP contribution in [0.4, 0.5) is 5.69 Å². The normalized spacial score (nSPS) is 15.0. The van der Waals surface area contributed by atoms with Crippen LogP contribution in [0, 0.1) is 0 Å². The predicted octanol–water partition coefficient (Wildman–Crippen LogP) is 4.22. The minimum atomic E-state index is -0.158. The molecule has 0 spiro atoms. The summed E-state index contributed by atoms with van der Waals surface area (Å²) in [6.07, 6.45) is 0. The third-order valence-electron chi connectivity index (χ3n) is 4.41. The first-order valence-corrected chi connectivity index (χ1v) is 9.44. The molecule has 4 rings (SSSR count). The summed E-state index contributed by atoms with van der Waals surface area (Å²) in [7, 11) is 0. The maximum atomic E-state index is 12.5. The van der Waals surface area contributed by atoms with Gasteiger partial charge in [0.05, 0.1) is 18.3 Å². The summed E-state index contributed by atoms with van der Waals surface area (Å²) in [5.74, 6) is 1.79. The quantitative estimate of drug-likeness (QED) is 0.763. The van der Waals surface area contributed by atoms with Gasteiger partial charge in [0, 0.05) is 22.6 Å². The van der Waals surface area contributed by atoms with Gasteiger partial charge in [0.1, 0.15) is 11.3 Å². The van der Waals surface area contributed by atoms with Gasteiger partial charge in [-0.2, -0.15) is 0 Å². The van der Waals surface area contributed by atoms with Crippen LogP contribution in [0.5, 0.6) is 0 Å². The number of thioether (sulfide) groups is 1. The Bertz CT molecular complexity index is 872. The van der Waals surface area contributed by atoms with Crippen molar-refractivity contribution >= 4 is 34.3 Å². The summed E-state index contributed by atoms with van der Waals surface area (Å²) in [4.78, 5) is 15.9. The summed E-state index contributed by atoms with van der Waals surface area (Å²) in [5, 5.41) is 4.11. The summed E-state index contributed by atoms with van der Waals surface area (Å²) in [5.41, 5.74) is 1.99. The molecule has 1 amide bonds. The monoisotopic (exact) mass is 352 g/mol. The standard InChI is InChI=1S/C20H20N2O2S/c1-14(18-12-15-6-2-4-8-17(15)24-18)21-20(23)13-22-10-11-25-19-9-5-3-7-16(19)22/h2-9,12,14H,10-11,13H2,1H3,(H,21,23). The van der Waals surface area contributed by atoms with Gasteiger partial charge in [0.25, 0.3) is 0 Å². The number of benzene rings is 2. The van der Waals surface area contributed by atoms with Gasteiger partial charge >= 0.3 is 0 Å². The van der Waals surface area contributed by atoms with Gasteiger partial charge in [-0.1, -0.05) is 30.3 Å². The zero-order valence-corrected chi connectivity index (χ0v) is 14.9. The van der Waals surface area contributed by atoms with E-state index in [2.05, 4.69) is 22.3 Å². The van der Waals surface area contributed by atoms with Crippen molar-refractivity contribution in [2.75, 3.05) is 23.7 Å². The van der Waals surface area contributed by atoms with Crippen LogP contribution in [0.1, 0.15) is 18.7 Å². The number of furan rings is 1. The highest BCUT2D eigenvalue weighted by atomic mass is 32.2. The molecule has 1 aromatic heterocycles. The number of fused-ring (bicyclic) bond motifs is 2. The molecule has 0 saturated carbocycles. The van der Waals surface area contributed by atoms with Gasteiger partial charge < -0.3 is 14.6 Å². The van der Waals surface area contributed by atoms with Crippen molar-refractivity contribution in [2.24, 2.45) is 0 Å².